The Labute approximate surface area is 181 Å². The third-order valence-electron chi connectivity index (χ3n) is 4.75. The molecular weight excluding hydrogens is 434 g/mol. The van der Waals surface area contributed by atoms with Gasteiger partial charge in [0.05, 0.1) is 0 Å². The van der Waals surface area contributed by atoms with Crippen molar-refractivity contribution in [2.75, 3.05) is 6.61 Å². The van der Waals surface area contributed by atoms with Crippen LogP contribution in [0.3, 0.4) is 0 Å². The van der Waals surface area contributed by atoms with Crippen LogP contribution in [0, 0.1) is 30.2 Å². The number of hydrogen-bond acceptors (Lipinski definition) is 2. The Hall–Kier alpha value is -3.16. The third kappa shape index (κ3) is 5.18. The van der Waals surface area contributed by atoms with E-state index in [1.807, 2.05) is 6.92 Å². The van der Waals surface area contributed by atoms with Gasteiger partial charge in [-0.1, -0.05) is 43.7 Å². The van der Waals surface area contributed by atoms with Crippen LogP contribution >= 0.6 is 0 Å². The molecule has 0 amide bonds. The van der Waals surface area contributed by atoms with Crippen LogP contribution in [-0.2, 0) is 6.42 Å². The Morgan fingerprint density at radius 3 is 2.03 bits per heavy atom. The number of alkyl halides is 2. The van der Waals surface area contributed by atoms with Gasteiger partial charge in [-0.25, -0.2) is 8.78 Å². The zero-order valence-electron chi connectivity index (χ0n) is 17.3. The molecule has 3 rings (SSSR count). The van der Waals surface area contributed by atoms with Crippen molar-refractivity contribution in [2.45, 2.75) is 32.8 Å². The van der Waals surface area contributed by atoms with Crippen LogP contribution in [0.5, 0.6) is 11.5 Å². The number of hydrogen-bond donors (Lipinski definition) is 0. The first-order chi connectivity index (χ1) is 15.1. The molecule has 0 aliphatic rings. The van der Waals surface area contributed by atoms with Crippen molar-refractivity contribution >= 4 is 0 Å². The molecule has 3 aromatic carbocycles. The first kappa shape index (κ1) is 23.5. The Morgan fingerprint density at radius 1 is 0.750 bits per heavy atom. The Balaban J connectivity index is 1.75. The molecule has 32 heavy (non-hydrogen) atoms. The second kappa shape index (κ2) is 9.54. The van der Waals surface area contributed by atoms with E-state index in [1.54, 1.807) is 24.3 Å². The minimum Gasteiger partial charge on any atom is -0.480 e. The molecule has 0 aliphatic carbocycles. The minimum absolute atomic E-state index is 0.0319. The van der Waals surface area contributed by atoms with Gasteiger partial charge in [0, 0.05) is 5.56 Å². The van der Waals surface area contributed by atoms with Gasteiger partial charge in [0.15, 0.2) is 29.7 Å². The molecule has 2 nitrogen and oxygen atoms in total. The molecule has 0 spiro atoms. The highest BCUT2D eigenvalue weighted by Gasteiger charge is 2.35. The van der Waals surface area contributed by atoms with Crippen molar-refractivity contribution in [3.63, 3.8) is 0 Å². The van der Waals surface area contributed by atoms with Gasteiger partial charge in [-0.05, 0) is 48.2 Å². The summed E-state index contributed by atoms with van der Waals surface area (Å²) in [4.78, 5) is 0. The van der Waals surface area contributed by atoms with Gasteiger partial charge < -0.3 is 9.47 Å². The summed E-state index contributed by atoms with van der Waals surface area (Å²) in [6.07, 6.45) is -2.39. The summed E-state index contributed by atoms with van der Waals surface area (Å²) in [6.45, 7) is 1.76. The lowest BCUT2D eigenvalue weighted by Gasteiger charge is -2.20. The highest BCUT2D eigenvalue weighted by molar-refractivity contribution is 5.65. The van der Waals surface area contributed by atoms with Gasteiger partial charge in [0.25, 0.3) is 0 Å². The predicted molar refractivity (Wildman–Crippen MR) is 108 cm³/mol. The number of rotatable bonds is 8. The average Bonchev–Trinajstić information content (AvgIpc) is 2.76. The summed E-state index contributed by atoms with van der Waals surface area (Å²) in [7, 11) is 0. The Morgan fingerprint density at radius 2 is 1.38 bits per heavy atom. The summed E-state index contributed by atoms with van der Waals surface area (Å²) in [5, 5.41) is 0. The highest BCUT2D eigenvalue weighted by atomic mass is 19.3. The molecule has 0 saturated carbocycles. The van der Waals surface area contributed by atoms with Crippen molar-refractivity contribution < 1.29 is 35.8 Å². The zero-order valence-corrected chi connectivity index (χ0v) is 17.3. The first-order valence-electron chi connectivity index (χ1n) is 9.84. The number of aryl methyl sites for hydroxylation is 2. The van der Waals surface area contributed by atoms with Gasteiger partial charge in [-0.2, -0.15) is 17.6 Å². The minimum atomic E-state index is -4.15. The molecule has 3 aromatic rings. The topological polar surface area (TPSA) is 18.5 Å². The van der Waals surface area contributed by atoms with Crippen LogP contribution < -0.4 is 9.47 Å². The second-order valence-electron chi connectivity index (χ2n) is 7.22. The quantitative estimate of drug-likeness (QED) is 0.335. The second-order valence-corrected chi connectivity index (χ2v) is 7.22. The molecule has 0 heterocycles. The van der Waals surface area contributed by atoms with Crippen molar-refractivity contribution in [2.24, 2.45) is 0 Å². The lowest BCUT2D eigenvalue weighted by Crippen LogP contribution is -2.33. The molecule has 0 fully saturated rings. The smallest absolute Gasteiger partial charge is 0.433 e. The summed E-state index contributed by atoms with van der Waals surface area (Å²) < 4.78 is 93.3. The number of halogens is 6. The molecule has 0 radical (unpaired) electrons. The van der Waals surface area contributed by atoms with Crippen molar-refractivity contribution in [1.29, 1.82) is 0 Å². The summed E-state index contributed by atoms with van der Waals surface area (Å²) in [5.74, 6) is -7.44. The fraction of sp³-hybridized carbons (Fsp3) is 0.250. The highest BCUT2D eigenvalue weighted by Crippen LogP contribution is 2.33. The molecule has 170 valence electrons. The van der Waals surface area contributed by atoms with E-state index < -0.39 is 47.5 Å². The van der Waals surface area contributed by atoms with Crippen LogP contribution in [0.25, 0.3) is 11.1 Å². The van der Waals surface area contributed by atoms with Gasteiger partial charge in [-0.3, -0.25) is 0 Å². The zero-order chi connectivity index (χ0) is 23.5. The van der Waals surface area contributed by atoms with Crippen LogP contribution in [0.1, 0.15) is 24.5 Å². The molecule has 8 heteroatoms. The van der Waals surface area contributed by atoms with Gasteiger partial charge in [0.2, 0.25) is 11.6 Å². The van der Waals surface area contributed by atoms with Crippen LogP contribution in [0.15, 0.2) is 48.5 Å². The lowest BCUT2D eigenvalue weighted by molar-refractivity contribution is -0.197. The van der Waals surface area contributed by atoms with E-state index in [9.17, 15) is 26.3 Å². The molecule has 0 N–H and O–H groups in total. The van der Waals surface area contributed by atoms with Gasteiger partial charge in [0.1, 0.15) is 0 Å². The van der Waals surface area contributed by atoms with Crippen molar-refractivity contribution in [1.82, 2.24) is 0 Å². The molecule has 0 bridgehead atoms. The van der Waals surface area contributed by atoms with Crippen LogP contribution in [0.2, 0.25) is 0 Å². The van der Waals surface area contributed by atoms with Crippen molar-refractivity contribution in [3.05, 3.63) is 82.9 Å². The average molecular weight is 454 g/mol. The standard InChI is InChI=1S/C24H20F6O2/c1-3-4-15-6-8-16(9-7-15)17-10-12-19(23(28)21(17)26)32-24(29,30)13-31-18-11-5-14(2)20(25)22(18)27/h5-12H,3-4,13H2,1-2H3. The largest absolute Gasteiger partial charge is 0.480 e. The molecule has 0 saturated heterocycles. The van der Waals surface area contributed by atoms with Crippen LogP contribution in [-0.4, -0.2) is 12.7 Å². The third-order valence-corrected chi connectivity index (χ3v) is 4.75. The predicted octanol–water partition coefficient (Wildman–Crippen LogP) is 7.22. The summed E-state index contributed by atoms with van der Waals surface area (Å²) >= 11 is 0. The van der Waals surface area contributed by atoms with E-state index in [4.69, 9.17) is 0 Å². The summed E-state index contributed by atoms with van der Waals surface area (Å²) in [5.41, 5.74) is 1.26. The SMILES string of the molecule is CCCc1ccc(-c2ccc(OC(F)(F)COc3ccc(C)c(F)c3F)c(F)c2F)cc1. The first-order valence-corrected chi connectivity index (χ1v) is 9.84. The fourth-order valence-corrected chi connectivity index (χ4v) is 3.07. The van der Waals surface area contributed by atoms with Crippen molar-refractivity contribution in [3.8, 4) is 22.6 Å². The van der Waals surface area contributed by atoms with Crippen LogP contribution in [0.4, 0.5) is 26.3 Å². The summed E-state index contributed by atoms with van der Waals surface area (Å²) in [6, 6.07) is 10.9. The van der Waals surface area contributed by atoms with E-state index in [1.165, 1.54) is 6.92 Å². The number of ether oxygens (including phenoxy) is 2. The molecule has 0 unspecified atom stereocenters. The number of benzene rings is 3. The van der Waals surface area contributed by atoms with E-state index in [0.717, 1.165) is 42.7 Å². The van der Waals surface area contributed by atoms with Gasteiger partial charge in [-0.15, -0.1) is 0 Å². The van der Waals surface area contributed by atoms with E-state index >= 15 is 0 Å². The fourth-order valence-electron chi connectivity index (χ4n) is 3.07. The normalized spacial score (nSPS) is 11.5. The Bertz CT molecular complexity index is 1100. The monoisotopic (exact) mass is 454 g/mol. The maximum absolute atomic E-state index is 14.5. The molecular formula is C24H20F6O2. The van der Waals surface area contributed by atoms with E-state index in [0.29, 0.717) is 5.56 Å². The van der Waals surface area contributed by atoms with Gasteiger partial charge >= 0.3 is 6.11 Å². The molecule has 0 aliphatic heterocycles. The maximum atomic E-state index is 14.5. The molecule has 0 aromatic heterocycles. The van der Waals surface area contributed by atoms with E-state index in [2.05, 4.69) is 9.47 Å². The Kier molecular flexibility index (Phi) is 7.01. The maximum Gasteiger partial charge on any atom is 0.433 e. The lowest BCUT2D eigenvalue weighted by atomic mass is 10.0. The molecule has 0 atom stereocenters. The van der Waals surface area contributed by atoms with E-state index in [-0.39, 0.29) is 11.1 Å².